The molecular formula is C49H54I2N3O3S+. The molecule has 4 aromatic carbocycles. The van der Waals surface area contributed by atoms with E-state index < -0.39 is 10.1 Å². The summed E-state index contributed by atoms with van der Waals surface area (Å²) in [6, 6.07) is 34.9. The van der Waals surface area contributed by atoms with Gasteiger partial charge in [0.05, 0.1) is 16.9 Å². The molecular weight excluding hydrogens is 964 g/mol. The average molecular weight is 1020 g/mol. The highest BCUT2D eigenvalue weighted by atomic mass is 127. The van der Waals surface area contributed by atoms with Crippen molar-refractivity contribution >= 4 is 83.8 Å². The van der Waals surface area contributed by atoms with Crippen molar-refractivity contribution in [1.82, 2.24) is 0 Å². The molecule has 4 aromatic rings. The lowest BCUT2D eigenvalue weighted by molar-refractivity contribution is -0.438. The maximum atomic E-state index is 11.6. The lowest BCUT2D eigenvalue weighted by Crippen LogP contribution is -2.28. The molecule has 1 aliphatic carbocycles. The predicted octanol–water partition coefficient (Wildman–Crippen LogP) is 12.8. The molecule has 58 heavy (non-hydrogen) atoms. The summed E-state index contributed by atoms with van der Waals surface area (Å²) in [5.74, 6) is -0.232. The van der Waals surface area contributed by atoms with Crippen LogP contribution in [0.25, 0.3) is 0 Å². The maximum Gasteiger partial charge on any atom is 0.264 e. The van der Waals surface area contributed by atoms with Crippen molar-refractivity contribution in [3.8, 4) is 0 Å². The van der Waals surface area contributed by atoms with Crippen molar-refractivity contribution in [3.05, 3.63) is 162 Å². The number of unbranched alkanes of at least 4 members (excludes halogenated alkanes) is 2. The fraction of sp³-hybridized carbons (Fsp3) is 0.327. The number of allylic oxidation sites excluding steroid dienone is 7. The smallest absolute Gasteiger partial charge is 0.264 e. The predicted molar refractivity (Wildman–Crippen MR) is 259 cm³/mol. The molecule has 0 saturated carbocycles. The summed E-state index contributed by atoms with van der Waals surface area (Å²) in [5.41, 5.74) is 13.2. The second-order valence-electron chi connectivity index (χ2n) is 16.6. The Bertz CT molecular complexity index is 2410. The minimum atomic E-state index is -4.01. The van der Waals surface area contributed by atoms with Crippen molar-refractivity contribution in [2.75, 3.05) is 28.6 Å². The van der Waals surface area contributed by atoms with Crippen molar-refractivity contribution in [2.24, 2.45) is 0 Å². The van der Waals surface area contributed by atoms with Gasteiger partial charge in [-0.25, -0.2) is 0 Å². The van der Waals surface area contributed by atoms with Crippen LogP contribution in [0.15, 0.2) is 144 Å². The zero-order chi connectivity index (χ0) is 41.2. The Labute approximate surface area is 373 Å². The maximum absolute atomic E-state index is 11.6. The van der Waals surface area contributed by atoms with Gasteiger partial charge in [0.15, 0.2) is 5.71 Å². The van der Waals surface area contributed by atoms with Crippen molar-refractivity contribution in [3.63, 3.8) is 0 Å². The molecule has 2 heterocycles. The molecule has 1 N–H and O–H groups in total. The summed E-state index contributed by atoms with van der Waals surface area (Å²) in [7, 11) is -4.01. The fourth-order valence-electron chi connectivity index (χ4n) is 8.89. The Kier molecular flexibility index (Phi) is 12.9. The number of benzene rings is 4. The summed E-state index contributed by atoms with van der Waals surface area (Å²) < 4.78 is 37.4. The van der Waals surface area contributed by atoms with Crippen LogP contribution in [-0.4, -0.2) is 42.1 Å². The van der Waals surface area contributed by atoms with E-state index in [9.17, 15) is 13.0 Å². The fourth-order valence-corrected chi connectivity index (χ4v) is 10.4. The van der Waals surface area contributed by atoms with E-state index >= 15 is 0 Å². The van der Waals surface area contributed by atoms with Gasteiger partial charge in [-0.3, -0.25) is 4.55 Å². The summed E-state index contributed by atoms with van der Waals surface area (Å²) in [5, 5.41) is 0. The standard InChI is InChI=1S/C49H53I2N3O3S/c1-6-7-30-52-43-26-24-37(50)33-41(43)48(2,3)45(52)28-22-35-20-21-36(47(35)54(39-16-10-8-11-17-39)40-18-12-9-13-19-40)23-29-46-49(4,5)42-34-38(51)25-27-44(42)53(46)31-14-15-32-58(55,56)57/h8-13,16-19,22-29,33-34H,6-7,14-15,20-21,30-32H2,1-5H3/p+1. The third kappa shape index (κ3) is 8.83. The van der Waals surface area contributed by atoms with E-state index in [1.807, 2.05) is 0 Å². The van der Waals surface area contributed by atoms with Crippen LogP contribution in [0.4, 0.5) is 22.7 Å². The van der Waals surface area contributed by atoms with E-state index in [2.05, 4.69) is 216 Å². The van der Waals surface area contributed by atoms with Crippen molar-refractivity contribution in [1.29, 1.82) is 0 Å². The number of para-hydroxylation sites is 2. The number of rotatable bonds is 14. The molecule has 0 aromatic heterocycles. The van der Waals surface area contributed by atoms with Gasteiger partial charge in [0.25, 0.3) is 10.1 Å². The average Bonchev–Trinajstić information content (AvgIpc) is 3.75. The highest BCUT2D eigenvalue weighted by Crippen LogP contribution is 2.49. The zero-order valence-corrected chi connectivity index (χ0v) is 39.3. The Hall–Kier alpha value is -3.52. The summed E-state index contributed by atoms with van der Waals surface area (Å²) >= 11 is 4.83. The number of anilines is 3. The first-order valence-electron chi connectivity index (χ1n) is 20.4. The number of nitrogens with zero attached hydrogens (tertiary/aromatic N) is 3. The van der Waals surface area contributed by atoms with E-state index in [0.29, 0.717) is 19.4 Å². The van der Waals surface area contributed by atoms with Crippen LogP contribution in [0.2, 0.25) is 0 Å². The first-order valence-corrected chi connectivity index (χ1v) is 24.2. The monoisotopic (exact) mass is 1020 g/mol. The minimum Gasteiger partial charge on any atom is -0.344 e. The van der Waals surface area contributed by atoms with Gasteiger partial charge in [0.1, 0.15) is 6.54 Å². The normalized spacial score (nSPS) is 18.6. The lowest BCUT2D eigenvalue weighted by atomic mass is 9.81. The molecule has 0 atom stereocenters. The van der Waals surface area contributed by atoms with Crippen LogP contribution in [-0.2, 0) is 20.9 Å². The van der Waals surface area contributed by atoms with Crippen LogP contribution in [0, 0.1) is 7.14 Å². The van der Waals surface area contributed by atoms with Gasteiger partial charge in [-0.2, -0.15) is 13.0 Å². The second kappa shape index (κ2) is 17.6. The molecule has 0 saturated heterocycles. The van der Waals surface area contributed by atoms with Gasteiger partial charge in [0, 0.05) is 66.0 Å². The Balaban J connectivity index is 1.38. The summed E-state index contributed by atoms with van der Waals surface area (Å²) in [6.45, 7) is 13.2. The van der Waals surface area contributed by atoms with E-state index in [0.717, 1.165) is 49.3 Å². The van der Waals surface area contributed by atoms with Crippen molar-refractivity contribution in [2.45, 2.75) is 84.0 Å². The minimum absolute atomic E-state index is 0.145. The summed E-state index contributed by atoms with van der Waals surface area (Å²) in [6.07, 6.45) is 14.5. The number of halogens is 2. The number of fused-ring (bicyclic) bond motifs is 2. The number of hydrogen-bond donors (Lipinski definition) is 1. The van der Waals surface area contributed by atoms with E-state index in [1.165, 1.54) is 52.2 Å². The Morgan fingerprint density at radius 1 is 0.776 bits per heavy atom. The first-order chi connectivity index (χ1) is 27.7. The van der Waals surface area contributed by atoms with Gasteiger partial charge in [-0.15, -0.1) is 0 Å². The van der Waals surface area contributed by atoms with Crippen LogP contribution >= 0.6 is 45.2 Å². The van der Waals surface area contributed by atoms with Gasteiger partial charge in [-0.1, -0.05) is 75.7 Å². The van der Waals surface area contributed by atoms with Gasteiger partial charge in [-0.05, 0) is 162 Å². The van der Waals surface area contributed by atoms with E-state index in [1.54, 1.807) is 0 Å². The highest BCUT2D eigenvalue weighted by Gasteiger charge is 2.44. The largest absolute Gasteiger partial charge is 0.344 e. The molecule has 7 rings (SSSR count). The highest BCUT2D eigenvalue weighted by molar-refractivity contribution is 14.1. The van der Waals surface area contributed by atoms with Crippen LogP contribution < -0.4 is 9.80 Å². The van der Waals surface area contributed by atoms with Gasteiger partial charge < -0.3 is 9.80 Å². The lowest BCUT2D eigenvalue weighted by Gasteiger charge is -2.29. The zero-order valence-electron chi connectivity index (χ0n) is 34.2. The van der Waals surface area contributed by atoms with E-state index in [-0.39, 0.29) is 16.6 Å². The van der Waals surface area contributed by atoms with Crippen LogP contribution in [0.1, 0.15) is 84.3 Å². The molecule has 3 aliphatic rings. The molecule has 0 bridgehead atoms. The van der Waals surface area contributed by atoms with Gasteiger partial charge >= 0.3 is 0 Å². The molecule has 9 heteroatoms. The molecule has 6 nitrogen and oxygen atoms in total. The third-order valence-electron chi connectivity index (χ3n) is 11.9. The van der Waals surface area contributed by atoms with Gasteiger partial charge in [0.2, 0.25) is 5.69 Å². The topological polar surface area (TPSA) is 63.9 Å². The quantitative estimate of drug-likeness (QED) is 0.0590. The van der Waals surface area contributed by atoms with Crippen molar-refractivity contribution < 1.29 is 17.5 Å². The first kappa shape index (κ1) is 42.6. The molecule has 0 fully saturated rings. The molecule has 0 radical (unpaired) electrons. The Morgan fingerprint density at radius 2 is 1.41 bits per heavy atom. The third-order valence-corrected chi connectivity index (χ3v) is 14.0. The van der Waals surface area contributed by atoms with Crippen LogP contribution in [0.3, 0.4) is 0 Å². The SMILES string of the molecule is CCCCN1/C(=C/C=C2\CCC(/C=C/C3=[N+](CCCCS(=O)(=O)O)c4ccc(I)cc4C3(C)C)=C2N(c2ccccc2)c2ccccc2)C(C)(C)c2cc(I)ccc21. The van der Waals surface area contributed by atoms with E-state index in [4.69, 9.17) is 0 Å². The molecule has 0 amide bonds. The molecule has 302 valence electrons. The molecule has 0 unspecified atom stereocenters. The van der Waals surface area contributed by atoms with Crippen LogP contribution in [0.5, 0.6) is 0 Å². The molecule has 2 aliphatic heterocycles. The molecule has 0 spiro atoms. The summed E-state index contributed by atoms with van der Waals surface area (Å²) in [4.78, 5) is 4.98. The second-order valence-corrected chi connectivity index (χ2v) is 20.6. The number of hydrogen-bond acceptors (Lipinski definition) is 4. The Morgan fingerprint density at radius 3 is 2.05 bits per heavy atom.